The van der Waals surface area contributed by atoms with Gasteiger partial charge in [-0.25, -0.2) is 4.79 Å². The van der Waals surface area contributed by atoms with E-state index in [9.17, 15) is 4.79 Å². The van der Waals surface area contributed by atoms with Crippen LogP contribution in [0, 0.1) is 5.41 Å². The molecule has 1 aliphatic carbocycles. The van der Waals surface area contributed by atoms with Crippen LogP contribution in [0.1, 0.15) is 25.7 Å². The Morgan fingerprint density at radius 1 is 1.00 bits per heavy atom. The van der Waals surface area contributed by atoms with Gasteiger partial charge >= 0.3 is 6.09 Å². The van der Waals surface area contributed by atoms with Crippen LogP contribution in [-0.4, -0.2) is 25.3 Å². The predicted octanol–water partition coefficient (Wildman–Crippen LogP) is 4.43. The molecule has 0 bridgehead atoms. The van der Waals surface area contributed by atoms with E-state index < -0.39 is 0 Å². The molecule has 1 heterocycles. The summed E-state index contributed by atoms with van der Waals surface area (Å²) in [6.45, 7) is 2.17. The normalized spacial score (nSPS) is 19.2. The second kappa shape index (κ2) is 6.89. The molecule has 130 valence electrons. The number of carbonyl (C=O) groups excluding carboxylic acids is 1. The van der Waals surface area contributed by atoms with Crippen LogP contribution >= 0.6 is 0 Å². The van der Waals surface area contributed by atoms with Crippen molar-refractivity contribution in [3.05, 3.63) is 54.6 Å². The molecule has 1 saturated heterocycles. The molecule has 1 amide bonds. The van der Waals surface area contributed by atoms with Crippen LogP contribution in [0.2, 0.25) is 0 Å². The first kappa shape index (κ1) is 16.2. The Balaban J connectivity index is 1.38. The van der Waals surface area contributed by atoms with Gasteiger partial charge in [0.2, 0.25) is 0 Å². The van der Waals surface area contributed by atoms with Crippen molar-refractivity contribution in [2.75, 3.05) is 18.4 Å². The molecule has 1 aliphatic heterocycles. The van der Waals surface area contributed by atoms with E-state index in [4.69, 9.17) is 4.74 Å². The lowest BCUT2D eigenvalue weighted by molar-refractivity contribution is -0.0538. The van der Waals surface area contributed by atoms with Crippen LogP contribution in [-0.2, 0) is 4.74 Å². The van der Waals surface area contributed by atoms with Crippen LogP contribution in [0.15, 0.2) is 54.6 Å². The van der Waals surface area contributed by atoms with E-state index in [-0.39, 0.29) is 12.2 Å². The summed E-state index contributed by atoms with van der Waals surface area (Å²) in [6, 6.07) is 17.9. The van der Waals surface area contributed by atoms with Crippen molar-refractivity contribution in [3.8, 4) is 11.1 Å². The Morgan fingerprint density at radius 3 is 2.44 bits per heavy atom. The van der Waals surface area contributed by atoms with Gasteiger partial charge in [-0.05, 0) is 55.8 Å². The molecule has 2 N–H and O–H groups in total. The zero-order valence-electron chi connectivity index (χ0n) is 14.3. The lowest BCUT2D eigenvalue weighted by Crippen LogP contribution is -2.49. The van der Waals surface area contributed by atoms with Crippen LogP contribution < -0.4 is 10.6 Å². The molecule has 4 nitrogen and oxygen atoms in total. The molecule has 0 radical (unpaired) electrons. The van der Waals surface area contributed by atoms with Crippen molar-refractivity contribution in [2.45, 2.75) is 31.8 Å². The smallest absolute Gasteiger partial charge is 0.411 e. The van der Waals surface area contributed by atoms with Gasteiger partial charge in [0.1, 0.15) is 6.10 Å². The molecular weight excluding hydrogens is 312 g/mol. The lowest BCUT2D eigenvalue weighted by atomic mass is 9.62. The molecule has 0 aromatic heterocycles. The molecule has 0 unspecified atom stereocenters. The van der Waals surface area contributed by atoms with E-state index in [2.05, 4.69) is 10.6 Å². The minimum Gasteiger partial charge on any atom is -0.446 e. The maximum absolute atomic E-state index is 12.3. The Hall–Kier alpha value is -2.33. The van der Waals surface area contributed by atoms with Crippen LogP contribution in [0.25, 0.3) is 11.1 Å². The number of anilines is 1. The molecule has 2 aromatic rings. The summed E-state index contributed by atoms with van der Waals surface area (Å²) in [5, 5.41) is 6.32. The first-order chi connectivity index (χ1) is 12.2. The molecule has 25 heavy (non-hydrogen) atoms. The van der Waals surface area contributed by atoms with Gasteiger partial charge in [0.05, 0.1) is 5.69 Å². The third-order valence-corrected chi connectivity index (χ3v) is 5.51. The first-order valence-electron chi connectivity index (χ1n) is 9.07. The van der Waals surface area contributed by atoms with Gasteiger partial charge < -0.3 is 10.1 Å². The van der Waals surface area contributed by atoms with E-state index in [0.717, 1.165) is 42.7 Å². The zero-order valence-corrected chi connectivity index (χ0v) is 14.3. The highest BCUT2D eigenvalue weighted by Gasteiger charge is 2.46. The van der Waals surface area contributed by atoms with E-state index in [1.165, 1.54) is 12.8 Å². The summed E-state index contributed by atoms with van der Waals surface area (Å²) < 4.78 is 5.64. The SMILES string of the molecule is O=C(Nc1ccccc1-c1ccccc1)OC1CC2(CCNCC2)C1. The molecular formula is C21H24N2O2. The summed E-state index contributed by atoms with van der Waals surface area (Å²) in [7, 11) is 0. The summed E-state index contributed by atoms with van der Waals surface area (Å²) in [5.41, 5.74) is 3.28. The van der Waals surface area contributed by atoms with Crippen molar-refractivity contribution >= 4 is 11.8 Å². The Labute approximate surface area is 148 Å². The number of rotatable bonds is 3. The summed E-state index contributed by atoms with van der Waals surface area (Å²) in [5.74, 6) is 0. The maximum atomic E-state index is 12.3. The van der Waals surface area contributed by atoms with Crippen LogP contribution in [0.3, 0.4) is 0 Å². The molecule has 1 saturated carbocycles. The van der Waals surface area contributed by atoms with Crippen molar-refractivity contribution in [1.82, 2.24) is 5.32 Å². The molecule has 4 heteroatoms. The standard InChI is InChI=1S/C21H24N2O2/c24-20(25-17-14-21(15-17)10-12-22-13-11-21)23-19-9-5-4-8-18(19)16-6-2-1-3-7-16/h1-9,17,22H,10-15H2,(H,23,24). The minimum atomic E-state index is -0.350. The molecule has 2 aliphatic rings. The minimum absolute atomic E-state index is 0.0574. The summed E-state index contributed by atoms with van der Waals surface area (Å²) in [4.78, 5) is 12.3. The molecule has 0 atom stereocenters. The highest BCUT2D eigenvalue weighted by Crippen LogP contribution is 2.49. The number of amides is 1. The van der Waals surface area contributed by atoms with Gasteiger partial charge in [-0.3, -0.25) is 5.32 Å². The molecule has 4 rings (SSSR count). The van der Waals surface area contributed by atoms with E-state index in [1.807, 2.05) is 54.6 Å². The Kier molecular flexibility index (Phi) is 4.45. The number of hydrogen-bond acceptors (Lipinski definition) is 3. The third-order valence-electron chi connectivity index (χ3n) is 5.51. The first-order valence-corrected chi connectivity index (χ1v) is 9.07. The quantitative estimate of drug-likeness (QED) is 0.871. The summed E-state index contributed by atoms with van der Waals surface area (Å²) >= 11 is 0. The van der Waals surface area contributed by atoms with Crippen molar-refractivity contribution in [1.29, 1.82) is 0 Å². The average molecular weight is 336 g/mol. The molecule has 2 fully saturated rings. The van der Waals surface area contributed by atoms with Gasteiger partial charge in [-0.15, -0.1) is 0 Å². The van der Waals surface area contributed by atoms with Gasteiger partial charge in [0.25, 0.3) is 0 Å². The average Bonchev–Trinajstić information content (AvgIpc) is 2.62. The molecule has 2 aromatic carbocycles. The highest BCUT2D eigenvalue weighted by atomic mass is 16.6. The number of ether oxygens (including phenoxy) is 1. The van der Waals surface area contributed by atoms with E-state index in [0.29, 0.717) is 5.41 Å². The van der Waals surface area contributed by atoms with Gasteiger partial charge in [0, 0.05) is 5.56 Å². The number of carbonyl (C=O) groups is 1. The number of nitrogens with one attached hydrogen (secondary N) is 2. The van der Waals surface area contributed by atoms with Gasteiger partial charge in [0.15, 0.2) is 0 Å². The van der Waals surface area contributed by atoms with Crippen LogP contribution in [0.4, 0.5) is 10.5 Å². The van der Waals surface area contributed by atoms with Crippen molar-refractivity contribution in [2.24, 2.45) is 5.41 Å². The third kappa shape index (κ3) is 3.54. The lowest BCUT2D eigenvalue weighted by Gasteiger charge is -2.49. The van der Waals surface area contributed by atoms with Crippen LogP contribution in [0.5, 0.6) is 0 Å². The zero-order chi connectivity index (χ0) is 17.1. The Morgan fingerprint density at radius 2 is 1.68 bits per heavy atom. The second-order valence-electron chi connectivity index (χ2n) is 7.22. The predicted molar refractivity (Wildman–Crippen MR) is 99.5 cm³/mol. The number of para-hydroxylation sites is 1. The highest BCUT2D eigenvalue weighted by molar-refractivity contribution is 5.91. The van der Waals surface area contributed by atoms with E-state index >= 15 is 0 Å². The largest absolute Gasteiger partial charge is 0.446 e. The van der Waals surface area contributed by atoms with Gasteiger partial charge in [-0.2, -0.15) is 0 Å². The fraction of sp³-hybridized carbons (Fsp3) is 0.381. The summed E-state index contributed by atoms with van der Waals surface area (Å²) in [6.07, 6.45) is 4.11. The molecule has 1 spiro atoms. The fourth-order valence-electron chi connectivity index (χ4n) is 4.11. The maximum Gasteiger partial charge on any atom is 0.411 e. The van der Waals surface area contributed by atoms with Crippen molar-refractivity contribution in [3.63, 3.8) is 0 Å². The van der Waals surface area contributed by atoms with Crippen molar-refractivity contribution < 1.29 is 9.53 Å². The van der Waals surface area contributed by atoms with E-state index in [1.54, 1.807) is 0 Å². The monoisotopic (exact) mass is 336 g/mol. The second-order valence-corrected chi connectivity index (χ2v) is 7.22. The Bertz CT molecular complexity index is 731. The fourth-order valence-corrected chi connectivity index (χ4v) is 4.11. The number of benzene rings is 2. The van der Waals surface area contributed by atoms with Gasteiger partial charge in [-0.1, -0.05) is 48.5 Å². The topological polar surface area (TPSA) is 50.4 Å². The number of hydrogen-bond donors (Lipinski definition) is 2. The number of piperidine rings is 1.